The maximum atomic E-state index is 10.0. The summed E-state index contributed by atoms with van der Waals surface area (Å²) in [6, 6.07) is 0. The number of carbonyl (C=O) groups is 2. The third-order valence-corrected chi connectivity index (χ3v) is 1.28. The van der Waals surface area contributed by atoms with Crippen LogP contribution in [0.2, 0.25) is 0 Å². The number of carboxylic acid groups (broad SMARTS) is 2. The van der Waals surface area contributed by atoms with E-state index >= 15 is 0 Å². The molecule has 0 aromatic rings. The van der Waals surface area contributed by atoms with E-state index in [4.69, 9.17) is 10.2 Å². The van der Waals surface area contributed by atoms with Crippen molar-refractivity contribution < 1.29 is 36.9 Å². The zero-order chi connectivity index (χ0) is 12.2. The second-order valence-corrected chi connectivity index (χ2v) is 5.11. The molecule has 0 amide bonds. The Balaban J connectivity index is -0.000000180. The summed E-state index contributed by atoms with van der Waals surface area (Å²) in [4.78, 5) is 20.0. The van der Waals surface area contributed by atoms with Gasteiger partial charge in [-0.2, -0.15) is 0 Å². The Labute approximate surface area is 102 Å². The van der Waals surface area contributed by atoms with Gasteiger partial charge in [-0.05, 0) is 41.5 Å². The number of carboxylic acids is 2. The smallest absolute Gasteiger partial charge is 0.308 e. The second-order valence-electron chi connectivity index (χ2n) is 5.11. The summed E-state index contributed by atoms with van der Waals surface area (Å²) in [7, 11) is 0. The molecule has 0 rings (SSSR count). The van der Waals surface area contributed by atoms with Crippen molar-refractivity contribution in [2.75, 3.05) is 0 Å². The van der Waals surface area contributed by atoms with Crippen molar-refractivity contribution in [1.82, 2.24) is 0 Å². The van der Waals surface area contributed by atoms with Crippen LogP contribution in [0.3, 0.4) is 0 Å². The first-order valence-corrected chi connectivity index (χ1v) is 4.36. The molecule has 0 heterocycles. The van der Waals surface area contributed by atoms with Crippen molar-refractivity contribution in [3.8, 4) is 0 Å². The summed E-state index contributed by atoms with van der Waals surface area (Å²) in [5.41, 5.74) is -1.17. The molecule has 0 aliphatic rings. The largest absolute Gasteiger partial charge is 0.481 e. The summed E-state index contributed by atoms with van der Waals surface area (Å²) in [6.45, 7) is 9.97. The molecule has 0 aliphatic heterocycles. The second kappa shape index (κ2) is 6.85. The Morgan fingerprint density at radius 3 is 0.800 bits per heavy atom. The summed E-state index contributed by atoms with van der Waals surface area (Å²) in [5, 5.41) is 16.5. The first-order valence-electron chi connectivity index (χ1n) is 4.36. The molecule has 0 unspecified atom stereocenters. The molecule has 0 atom stereocenters. The van der Waals surface area contributed by atoms with Crippen molar-refractivity contribution in [2.24, 2.45) is 10.8 Å². The van der Waals surface area contributed by atoms with Crippen LogP contribution in [0.15, 0.2) is 0 Å². The Morgan fingerprint density at radius 1 is 0.733 bits per heavy atom. The molecular formula is C10H20CuO4. The van der Waals surface area contributed by atoms with E-state index < -0.39 is 22.8 Å². The van der Waals surface area contributed by atoms with Crippen LogP contribution in [-0.2, 0) is 26.7 Å². The van der Waals surface area contributed by atoms with Gasteiger partial charge in [-0.15, -0.1) is 0 Å². The molecule has 0 saturated carbocycles. The average Bonchev–Trinajstić information content (AvgIpc) is 1.83. The van der Waals surface area contributed by atoms with Crippen LogP contribution >= 0.6 is 0 Å². The number of hydrogen-bond acceptors (Lipinski definition) is 2. The SMILES string of the molecule is CC(C)(C)C(=O)O.CC(C)(C)C(=O)O.[Cu]. The van der Waals surface area contributed by atoms with Gasteiger partial charge < -0.3 is 10.2 Å². The van der Waals surface area contributed by atoms with Crippen LogP contribution in [0.25, 0.3) is 0 Å². The molecule has 2 N–H and O–H groups in total. The molecule has 15 heavy (non-hydrogen) atoms. The van der Waals surface area contributed by atoms with E-state index in [0.717, 1.165) is 0 Å². The minimum absolute atomic E-state index is 0. The first kappa shape index (κ1) is 19.9. The minimum atomic E-state index is -0.757. The number of hydrogen-bond donors (Lipinski definition) is 2. The van der Waals surface area contributed by atoms with Crippen LogP contribution < -0.4 is 0 Å². The molecule has 0 fully saturated rings. The average molecular weight is 268 g/mol. The van der Waals surface area contributed by atoms with Crippen LogP contribution in [0.4, 0.5) is 0 Å². The van der Waals surface area contributed by atoms with Gasteiger partial charge in [-0.3, -0.25) is 9.59 Å². The fourth-order valence-corrected chi connectivity index (χ4v) is 0. The van der Waals surface area contributed by atoms with E-state index in [-0.39, 0.29) is 17.1 Å². The molecular weight excluding hydrogens is 248 g/mol. The summed E-state index contributed by atoms with van der Waals surface area (Å²) >= 11 is 0. The molecule has 0 spiro atoms. The van der Waals surface area contributed by atoms with Crippen LogP contribution in [0.5, 0.6) is 0 Å². The van der Waals surface area contributed by atoms with Gasteiger partial charge in [0.05, 0.1) is 10.8 Å². The molecule has 0 bridgehead atoms. The normalized spacial score (nSPS) is 10.5. The predicted octanol–water partition coefficient (Wildman–Crippen LogP) is 2.23. The maximum Gasteiger partial charge on any atom is 0.308 e. The van der Waals surface area contributed by atoms with Crippen molar-refractivity contribution in [1.29, 1.82) is 0 Å². The minimum Gasteiger partial charge on any atom is -0.481 e. The fraction of sp³-hybridized carbons (Fsp3) is 0.800. The predicted molar refractivity (Wildman–Crippen MR) is 54.2 cm³/mol. The van der Waals surface area contributed by atoms with Gasteiger partial charge in [-0.1, -0.05) is 0 Å². The van der Waals surface area contributed by atoms with E-state index in [1.165, 1.54) is 0 Å². The van der Waals surface area contributed by atoms with Gasteiger partial charge in [-0.25, -0.2) is 0 Å². The molecule has 0 aromatic carbocycles. The van der Waals surface area contributed by atoms with E-state index in [9.17, 15) is 9.59 Å². The van der Waals surface area contributed by atoms with Gasteiger partial charge in [0.25, 0.3) is 0 Å². The van der Waals surface area contributed by atoms with Crippen LogP contribution in [-0.4, -0.2) is 22.2 Å². The Bertz CT molecular complexity index is 186. The van der Waals surface area contributed by atoms with Crippen molar-refractivity contribution in [3.63, 3.8) is 0 Å². The molecule has 1 radical (unpaired) electrons. The molecule has 0 aromatic heterocycles. The van der Waals surface area contributed by atoms with E-state index in [2.05, 4.69) is 0 Å². The standard InChI is InChI=1S/2C5H10O2.Cu/c2*1-5(2,3)4(6)7;/h2*1-3H3,(H,6,7);. The van der Waals surface area contributed by atoms with Crippen molar-refractivity contribution in [2.45, 2.75) is 41.5 Å². The van der Waals surface area contributed by atoms with Crippen LogP contribution in [0, 0.1) is 10.8 Å². The van der Waals surface area contributed by atoms with Gasteiger partial charge in [0.1, 0.15) is 0 Å². The van der Waals surface area contributed by atoms with Gasteiger partial charge >= 0.3 is 11.9 Å². The van der Waals surface area contributed by atoms with Gasteiger partial charge in [0.2, 0.25) is 0 Å². The van der Waals surface area contributed by atoms with Crippen LogP contribution in [0.1, 0.15) is 41.5 Å². The fourth-order valence-electron chi connectivity index (χ4n) is 0. The zero-order valence-electron chi connectivity index (χ0n) is 10.0. The molecule has 4 nitrogen and oxygen atoms in total. The first-order chi connectivity index (χ1) is 5.89. The summed E-state index contributed by atoms with van der Waals surface area (Å²) < 4.78 is 0. The monoisotopic (exact) mass is 267 g/mol. The van der Waals surface area contributed by atoms with E-state index in [1.807, 2.05) is 0 Å². The maximum absolute atomic E-state index is 10.0. The third kappa shape index (κ3) is 13.5. The molecule has 0 aliphatic carbocycles. The quantitative estimate of drug-likeness (QED) is 0.660. The summed E-state index contributed by atoms with van der Waals surface area (Å²) in [5.74, 6) is -1.51. The van der Waals surface area contributed by atoms with E-state index in [1.54, 1.807) is 41.5 Å². The van der Waals surface area contributed by atoms with Gasteiger partial charge in [0, 0.05) is 17.1 Å². The molecule has 95 valence electrons. The molecule has 5 heteroatoms. The van der Waals surface area contributed by atoms with Gasteiger partial charge in [0.15, 0.2) is 0 Å². The number of aliphatic carboxylic acids is 2. The Kier molecular flexibility index (Phi) is 9.11. The summed E-state index contributed by atoms with van der Waals surface area (Å²) in [6.07, 6.45) is 0. The molecule has 0 saturated heterocycles. The van der Waals surface area contributed by atoms with E-state index in [0.29, 0.717) is 0 Å². The third-order valence-electron chi connectivity index (χ3n) is 1.28. The zero-order valence-corrected chi connectivity index (χ0v) is 11.0. The Morgan fingerprint density at radius 2 is 0.800 bits per heavy atom. The van der Waals surface area contributed by atoms with Crippen molar-refractivity contribution >= 4 is 11.9 Å². The number of rotatable bonds is 0. The Hall–Kier alpha value is -0.541. The van der Waals surface area contributed by atoms with Crippen molar-refractivity contribution in [3.05, 3.63) is 0 Å². The topological polar surface area (TPSA) is 74.6 Å².